The van der Waals surface area contributed by atoms with Gasteiger partial charge < -0.3 is 15.4 Å². The standard InChI is InChI=1S/C22H23N5O2/c28-22-21-19(15-5-2-1-3-6-15)20(26-27(21)11-10-24-22)17-8-9-23-14-18(17)25-13-16-7-4-12-29-16/h1-3,5-6,8-9,14,16,25H,4,7,10-13H2,(H,24,28)/t16-/m0/s1. The van der Waals surface area contributed by atoms with Gasteiger partial charge in [0.2, 0.25) is 0 Å². The number of pyridine rings is 1. The third-order valence-electron chi connectivity index (χ3n) is 5.46. The van der Waals surface area contributed by atoms with Crippen LogP contribution in [-0.4, -0.2) is 46.5 Å². The van der Waals surface area contributed by atoms with Crippen LogP contribution in [0.5, 0.6) is 0 Å². The second-order valence-electron chi connectivity index (χ2n) is 7.35. The summed E-state index contributed by atoms with van der Waals surface area (Å²) in [6.45, 7) is 2.80. The minimum Gasteiger partial charge on any atom is -0.381 e. The minimum atomic E-state index is -0.0863. The van der Waals surface area contributed by atoms with Crippen molar-refractivity contribution < 1.29 is 9.53 Å². The lowest BCUT2D eigenvalue weighted by atomic mass is 9.98. The van der Waals surface area contributed by atoms with Gasteiger partial charge in [-0.25, -0.2) is 0 Å². The molecule has 1 amide bonds. The van der Waals surface area contributed by atoms with E-state index in [4.69, 9.17) is 9.84 Å². The van der Waals surface area contributed by atoms with Crippen molar-refractivity contribution in [2.24, 2.45) is 0 Å². The molecule has 2 N–H and O–H groups in total. The van der Waals surface area contributed by atoms with Crippen LogP contribution in [0.2, 0.25) is 0 Å². The molecule has 7 heteroatoms. The molecule has 0 spiro atoms. The lowest BCUT2D eigenvalue weighted by molar-refractivity contribution is 0.0925. The van der Waals surface area contributed by atoms with Gasteiger partial charge in [0.15, 0.2) is 0 Å². The van der Waals surface area contributed by atoms with E-state index in [2.05, 4.69) is 15.6 Å². The number of hydrogen-bond acceptors (Lipinski definition) is 5. The van der Waals surface area contributed by atoms with Gasteiger partial charge >= 0.3 is 0 Å². The first-order chi connectivity index (χ1) is 14.3. The molecule has 1 atom stereocenters. The first kappa shape index (κ1) is 17.9. The van der Waals surface area contributed by atoms with Crippen LogP contribution in [0, 0.1) is 0 Å². The Morgan fingerprint density at radius 2 is 2.14 bits per heavy atom. The average Bonchev–Trinajstić information content (AvgIpc) is 3.41. The van der Waals surface area contributed by atoms with Gasteiger partial charge in [0, 0.05) is 37.0 Å². The average molecular weight is 389 g/mol. The maximum atomic E-state index is 12.7. The third-order valence-corrected chi connectivity index (χ3v) is 5.46. The molecule has 0 unspecified atom stereocenters. The summed E-state index contributed by atoms with van der Waals surface area (Å²) < 4.78 is 7.56. The molecule has 0 bridgehead atoms. The van der Waals surface area contributed by atoms with E-state index in [9.17, 15) is 4.79 Å². The normalized spacial score (nSPS) is 18.3. The van der Waals surface area contributed by atoms with E-state index >= 15 is 0 Å². The number of benzene rings is 1. The number of carbonyl (C=O) groups is 1. The van der Waals surface area contributed by atoms with Crippen molar-refractivity contribution in [3.05, 3.63) is 54.5 Å². The highest BCUT2D eigenvalue weighted by Gasteiger charge is 2.29. The summed E-state index contributed by atoms with van der Waals surface area (Å²) in [4.78, 5) is 17.0. The summed E-state index contributed by atoms with van der Waals surface area (Å²) in [5.41, 5.74) is 5.07. The number of rotatable bonds is 5. The summed E-state index contributed by atoms with van der Waals surface area (Å²) in [5, 5.41) is 11.3. The number of ether oxygens (including phenoxy) is 1. The fourth-order valence-electron chi connectivity index (χ4n) is 4.05. The molecule has 3 aromatic rings. The van der Waals surface area contributed by atoms with E-state index in [0.717, 1.165) is 54.1 Å². The van der Waals surface area contributed by atoms with Crippen LogP contribution < -0.4 is 10.6 Å². The molecule has 29 heavy (non-hydrogen) atoms. The summed E-state index contributed by atoms with van der Waals surface area (Å²) in [7, 11) is 0. The Hall–Kier alpha value is -3.19. The summed E-state index contributed by atoms with van der Waals surface area (Å²) in [6.07, 6.45) is 5.97. The zero-order chi connectivity index (χ0) is 19.6. The fraction of sp³-hybridized carbons (Fsp3) is 0.318. The van der Waals surface area contributed by atoms with Gasteiger partial charge in [-0.05, 0) is 24.5 Å². The quantitative estimate of drug-likeness (QED) is 0.701. The Kier molecular flexibility index (Phi) is 4.73. The van der Waals surface area contributed by atoms with Crippen LogP contribution in [-0.2, 0) is 11.3 Å². The SMILES string of the molecule is O=C1NCCn2nc(-c3ccncc3NC[C@@H]3CCCO3)c(-c3ccccc3)c21. The Bertz CT molecular complexity index is 1020. The van der Waals surface area contributed by atoms with Crippen LogP contribution in [0.4, 0.5) is 5.69 Å². The Morgan fingerprint density at radius 1 is 1.24 bits per heavy atom. The smallest absolute Gasteiger partial charge is 0.270 e. The largest absolute Gasteiger partial charge is 0.381 e. The third kappa shape index (κ3) is 3.38. The molecule has 2 aliphatic heterocycles. The van der Waals surface area contributed by atoms with E-state index < -0.39 is 0 Å². The van der Waals surface area contributed by atoms with Crippen molar-refractivity contribution in [3.8, 4) is 22.4 Å². The molecular formula is C22H23N5O2. The minimum absolute atomic E-state index is 0.0863. The first-order valence-corrected chi connectivity index (χ1v) is 10.1. The summed E-state index contributed by atoms with van der Waals surface area (Å²) in [6, 6.07) is 11.9. The Balaban J connectivity index is 1.60. The van der Waals surface area contributed by atoms with E-state index in [1.165, 1.54) is 0 Å². The lowest BCUT2D eigenvalue weighted by Crippen LogP contribution is -2.35. The van der Waals surface area contributed by atoms with Crippen molar-refractivity contribution in [1.82, 2.24) is 20.1 Å². The number of fused-ring (bicyclic) bond motifs is 1. The molecule has 148 valence electrons. The number of nitrogens with zero attached hydrogens (tertiary/aromatic N) is 3. The van der Waals surface area contributed by atoms with Crippen LogP contribution in [0.1, 0.15) is 23.3 Å². The molecule has 4 heterocycles. The van der Waals surface area contributed by atoms with E-state index in [-0.39, 0.29) is 12.0 Å². The molecule has 0 saturated carbocycles. The molecule has 2 aliphatic rings. The molecule has 0 aliphatic carbocycles. The maximum Gasteiger partial charge on any atom is 0.270 e. The van der Waals surface area contributed by atoms with Crippen molar-refractivity contribution in [1.29, 1.82) is 0 Å². The van der Waals surface area contributed by atoms with Crippen LogP contribution in [0.3, 0.4) is 0 Å². The van der Waals surface area contributed by atoms with E-state index in [0.29, 0.717) is 18.8 Å². The second kappa shape index (κ2) is 7.67. The summed E-state index contributed by atoms with van der Waals surface area (Å²) >= 11 is 0. The van der Waals surface area contributed by atoms with Crippen LogP contribution in [0.15, 0.2) is 48.8 Å². The maximum absolute atomic E-state index is 12.7. The lowest BCUT2D eigenvalue weighted by Gasteiger charge is -2.16. The monoisotopic (exact) mass is 389 g/mol. The molecule has 1 saturated heterocycles. The van der Waals surface area contributed by atoms with Crippen molar-refractivity contribution in [2.45, 2.75) is 25.5 Å². The predicted octanol–water partition coefficient (Wildman–Crippen LogP) is 2.95. The van der Waals surface area contributed by atoms with Gasteiger partial charge in [0.25, 0.3) is 5.91 Å². The van der Waals surface area contributed by atoms with Crippen molar-refractivity contribution in [3.63, 3.8) is 0 Å². The number of amides is 1. The zero-order valence-electron chi connectivity index (χ0n) is 16.1. The van der Waals surface area contributed by atoms with E-state index in [1.54, 1.807) is 6.20 Å². The number of carbonyl (C=O) groups excluding carboxylic acids is 1. The van der Waals surface area contributed by atoms with Crippen LogP contribution in [0.25, 0.3) is 22.4 Å². The van der Waals surface area contributed by atoms with Gasteiger partial charge in [-0.2, -0.15) is 5.10 Å². The Labute approximate surface area is 169 Å². The first-order valence-electron chi connectivity index (χ1n) is 10.1. The number of aromatic nitrogens is 3. The molecule has 1 fully saturated rings. The highest BCUT2D eigenvalue weighted by molar-refractivity contribution is 6.04. The molecule has 5 rings (SSSR count). The molecule has 7 nitrogen and oxygen atoms in total. The van der Waals surface area contributed by atoms with Crippen molar-refractivity contribution in [2.75, 3.05) is 25.0 Å². The topological polar surface area (TPSA) is 81.1 Å². The van der Waals surface area contributed by atoms with E-state index in [1.807, 2.05) is 47.3 Å². The summed E-state index contributed by atoms with van der Waals surface area (Å²) in [5.74, 6) is -0.0863. The fourth-order valence-corrected chi connectivity index (χ4v) is 4.05. The molecule has 0 radical (unpaired) electrons. The highest BCUT2D eigenvalue weighted by atomic mass is 16.5. The number of anilines is 1. The van der Waals surface area contributed by atoms with Crippen LogP contribution >= 0.6 is 0 Å². The zero-order valence-corrected chi connectivity index (χ0v) is 16.1. The van der Waals surface area contributed by atoms with Gasteiger partial charge in [-0.15, -0.1) is 0 Å². The highest BCUT2D eigenvalue weighted by Crippen LogP contribution is 2.38. The second-order valence-corrected chi connectivity index (χ2v) is 7.35. The molecule has 1 aromatic carbocycles. The Morgan fingerprint density at radius 3 is 2.97 bits per heavy atom. The van der Waals surface area contributed by atoms with Gasteiger partial charge in [0.1, 0.15) is 11.4 Å². The molecule has 2 aromatic heterocycles. The predicted molar refractivity (Wildman–Crippen MR) is 111 cm³/mol. The van der Waals surface area contributed by atoms with Crippen molar-refractivity contribution >= 4 is 11.6 Å². The molecular weight excluding hydrogens is 366 g/mol. The van der Waals surface area contributed by atoms with Gasteiger partial charge in [-0.3, -0.25) is 14.5 Å². The van der Waals surface area contributed by atoms with Gasteiger partial charge in [0.05, 0.1) is 24.5 Å². The number of nitrogens with one attached hydrogen (secondary N) is 2. The van der Waals surface area contributed by atoms with Gasteiger partial charge in [-0.1, -0.05) is 30.3 Å². The number of hydrogen-bond donors (Lipinski definition) is 2.